The molecule has 4 aromatic carbocycles. The number of carbonyl (C=O) groups excluding carboxylic acids is 4. The summed E-state index contributed by atoms with van der Waals surface area (Å²) in [4.78, 5) is 61.0. The molecular weight excluding hydrogens is 586 g/mol. The van der Waals surface area contributed by atoms with E-state index in [4.69, 9.17) is 0 Å². The number of amides is 4. The zero-order chi connectivity index (χ0) is 32.1. The third kappa shape index (κ3) is 3.44. The SMILES string of the molecule is CC12C(c3ccccc3)=C(c3ccccc3)C(C)(C3C(=O)N(c4ccc(F)cc4)C(=O)C31)C1C(=O)N(c3ccc(F)cc3)C(=O)C12. The third-order valence-corrected chi connectivity index (χ3v) is 10.8. The molecule has 9 rings (SSSR count). The Labute approximate surface area is 263 Å². The third-order valence-electron chi connectivity index (χ3n) is 10.8. The van der Waals surface area contributed by atoms with Crippen molar-refractivity contribution < 1.29 is 28.0 Å². The molecule has 4 aromatic rings. The smallest absolute Gasteiger partial charge is 0.238 e. The van der Waals surface area contributed by atoms with Crippen LogP contribution in [0.3, 0.4) is 0 Å². The molecule has 2 heterocycles. The Bertz CT molecular complexity index is 1800. The normalized spacial score (nSPS) is 29.9. The van der Waals surface area contributed by atoms with E-state index in [1.165, 1.54) is 48.5 Å². The first-order chi connectivity index (χ1) is 22.1. The van der Waals surface area contributed by atoms with E-state index < -0.39 is 69.8 Å². The molecule has 3 aliphatic carbocycles. The van der Waals surface area contributed by atoms with Gasteiger partial charge in [-0.1, -0.05) is 74.5 Å². The molecule has 4 atom stereocenters. The van der Waals surface area contributed by atoms with Crippen molar-refractivity contribution >= 4 is 46.1 Å². The van der Waals surface area contributed by atoms with Crippen molar-refractivity contribution in [2.75, 3.05) is 9.80 Å². The average molecular weight is 615 g/mol. The maximum atomic E-state index is 14.7. The van der Waals surface area contributed by atoms with Gasteiger partial charge in [0.25, 0.3) is 0 Å². The zero-order valence-corrected chi connectivity index (χ0v) is 25.0. The predicted octanol–water partition coefficient (Wildman–Crippen LogP) is 6.53. The van der Waals surface area contributed by atoms with Crippen molar-refractivity contribution in [3.8, 4) is 0 Å². The lowest BCUT2D eigenvalue weighted by molar-refractivity contribution is -0.151. The summed E-state index contributed by atoms with van der Waals surface area (Å²) in [5, 5.41) is 0. The number of hydrogen-bond acceptors (Lipinski definition) is 4. The minimum atomic E-state index is -1.32. The fourth-order valence-electron chi connectivity index (χ4n) is 9.11. The van der Waals surface area contributed by atoms with Crippen molar-refractivity contribution in [1.29, 1.82) is 0 Å². The van der Waals surface area contributed by atoms with E-state index in [2.05, 4.69) is 0 Å². The number of hydrogen-bond donors (Lipinski definition) is 0. The Balaban J connectivity index is 1.44. The number of benzene rings is 4. The van der Waals surface area contributed by atoms with Crippen LogP contribution < -0.4 is 9.80 Å². The summed E-state index contributed by atoms with van der Waals surface area (Å²) in [6.07, 6.45) is 0. The van der Waals surface area contributed by atoms with Crippen LogP contribution in [0.2, 0.25) is 0 Å². The highest BCUT2D eigenvalue weighted by Gasteiger charge is 2.80. The van der Waals surface area contributed by atoms with Gasteiger partial charge in [0.05, 0.1) is 35.0 Å². The first-order valence-electron chi connectivity index (χ1n) is 15.2. The van der Waals surface area contributed by atoms with Gasteiger partial charge in [0.15, 0.2) is 0 Å². The van der Waals surface area contributed by atoms with Crippen molar-refractivity contribution in [3.63, 3.8) is 0 Å². The maximum absolute atomic E-state index is 14.7. The number of rotatable bonds is 4. The summed E-state index contributed by atoms with van der Waals surface area (Å²) < 4.78 is 27.9. The van der Waals surface area contributed by atoms with Gasteiger partial charge in [-0.3, -0.25) is 19.2 Å². The van der Waals surface area contributed by atoms with Gasteiger partial charge in [0.1, 0.15) is 11.6 Å². The Morgan fingerprint density at radius 1 is 0.457 bits per heavy atom. The lowest BCUT2D eigenvalue weighted by Gasteiger charge is -2.62. The molecule has 0 radical (unpaired) electrons. The number of nitrogens with zero attached hydrogens (tertiary/aromatic N) is 2. The number of imide groups is 2. The fourth-order valence-corrected chi connectivity index (χ4v) is 9.11. The Morgan fingerprint density at radius 3 is 1.02 bits per heavy atom. The lowest BCUT2D eigenvalue weighted by atomic mass is 9.36. The minimum absolute atomic E-state index is 0.232. The number of carbonyl (C=O) groups is 4. The molecule has 1 saturated carbocycles. The van der Waals surface area contributed by atoms with Gasteiger partial charge in [-0.05, 0) is 70.8 Å². The summed E-state index contributed by atoms with van der Waals surface area (Å²) in [6.45, 7) is 3.68. The van der Waals surface area contributed by atoms with E-state index in [-0.39, 0.29) is 11.4 Å². The van der Waals surface area contributed by atoms with Crippen LogP contribution in [-0.2, 0) is 19.2 Å². The van der Waals surface area contributed by atoms with Crippen molar-refractivity contribution in [3.05, 3.63) is 132 Å². The molecule has 6 nitrogen and oxygen atoms in total. The zero-order valence-electron chi connectivity index (χ0n) is 25.0. The van der Waals surface area contributed by atoms with Gasteiger partial charge in [-0.15, -0.1) is 0 Å². The second-order valence-electron chi connectivity index (χ2n) is 12.9. The molecule has 4 unspecified atom stereocenters. The maximum Gasteiger partial charge on any atom is 0.238 e. The van der Waals surface area contributed by atoms with E-state index in [0.717, 1.165) is 32.1 Å². The standard InChI is InChI=1S/C38H28F2N2O4/c1-37-27(21-9-5-3-6-10-21)28(22-11-7-4-8-12-22)38(2,31-29(37)33(43)41(35(31)45)25-17-13-23(39)14-18-25)32-30(37)34(44)42(36(32)46)26-19-15-24(40)16-20-26/h3-20,29-32H,1-2H3. The number of anilines is 2. The van der Waals surface area contributed by atoms with Gasteiger partial charge < -0.3 is 0 Å². The molecule has 3 fully saturated rings. The van der Waals surface area contributed by atoms with Gasteiger partial charge in [-0.25, -0.2) is 18.6 Å². The average Bonchev–Trinajstić information content (AvgIpc) is 3.50. The van der Waals surface area contributed by atoms with Gasteiger partial charge in [0, 0.05) is 10.8 Å². The molecule has 0 aromatic heterocycles. The molecule has 2 saturated heterocycles. The first-order valence-corrected chi connectivity index (χ1v) is 15.2. The van der Waals surface area contributed by atoms with Crippen LogP contribution in [0.25, 0.3) is 11.1 Å². The van der Waals surface area contributed by atoms with E-state index in [1.807, 2.05) is 74.5 Å². The summed E-state index contributed by atoms with van der Waals surface area (Å²) in [5.74, 6) is -6.97. The highest BCUT2D eigenvalue weighted by Crippen LogP contribution is 2.76. The van der Waals surface area contributed by atoms with Crippen molar-refractivity contribution in [1.82, 2.24) is 0 Å². The van der Waals surface area contributed by atoms with Gasteiger partial charge >= 0.3 is 0 Å². The molecule has 0 N–H and O–H groups in total. The van der Waals surface area contributed by atoms with E-state index in [1.54, 1.807) is 0 Å². The van der Waals surface area contributed by atoms with Crippen LogP contribution >= 0.6 is 0 Å². The summed E-state index contributed by atoms with van der Waals surface area (Å²) >= 11 is 0. The quantitative estimate of drug-likeness (QED) is 0.245. The van der Waals surface area contributed by atoms with Crippen molar-refractivity contribution in [2.24, 2.45) is 34.5 Å². The lowest BCUT2D eigenvalue weighted by Crippen LogP contribution is -2.64. The number of halogens is 2. The second-order valence-corrected chi connectivity index (χ2v) is 12.9. The molecule has 4 amide bonds. The highest BCUT2D eigenvalue weighted by molar-refractivity contribution is 6.30. The largest absolute Gasteiger partial charge is 0.274 e. The molecule has 228 valence electrons. The van der Waals surface area contributed by atoms with Crippen LogP contribution in [0.5, 0.6) is 0 Å². The Hall–Kier alpha value is -5.24. The van der Waals surface area contributed by atoms with Crippen molar-refractivity contribution in [2.45, 2.75) is 13.8 Å². The first kappa shape index (κ1) is 28.2. The van der Waals surface area contributed by atoms with Crippen LogP contribution in [0.4, 0.5) is 20.2 Å². The van der Waals surface area contributed by atoms with Gasteiger partial charge in [-0.2, -0.15) is 0 Å². The van der Waals surface area contributed by atoms with Crippen LogP contribution in [-0.4, -0.2) is 23.6 Å². The van der Waals surface area contributed by atoms with Crippen LogP contribution in [0.1, 0.15) is 25.0 Å². The van der Waals surface area contributed by atoms with E-state index in [0.29, 0.717) is 0 Å². The molecule has 8 heteroatoms. The highest BCUT2D eigenvalue weighted by atomic mass is 19.1. The summed E-state index contributed by atoms with van der Waals surface area (Å²) in [6, 6.07) is 29.4. The van der Waals surface area contributed by atoms with E-state index in [9.17, 15) is 28.0 Å². The Kier molecular flexibility index (Phi) is 5.91. The fraction of sp³-hybridized carbons (Fsp3) is 0.211. The molecule has 2 bridgehead atoms. The topological polar surface area (TPSA) is 74.8 Å². The monoisotopic (exact) mass is 614 g/mol. The summed E-state index contributed by atoms with van der Waals surface area (Å²) in [5.41, 5.74) is 0.889. The number of allylic oxidation sites excluding steroid dienone is 2. The molecule has 2 aliphatic heterocycles. The molecular formula is C38H28F2N2O4. The molecule has 5 aliphatic rings. The van der Waals surface area contributed by atoms with E-state index >= 15 is 0 Å². The molecule has 46 heavy (non-hydrogen) atoms. The second kappa shape index (κ2) is 9.63. The minimum Gasteiger partial charge on any atom is -0.274 e. The Morgan fingerprint density at radius 2 is 0.739 bits per heavy atom. The van der Waals surface area contributed by atoms with Crippen LogP contribution in [0.15, 0.2) is 109 Å². The molecule has 0 spiro atoms. The van der Waals surface area contributed by atoms with Gasteiger partial charge in [0.2, 0.25) is 23.6 Å². The summed E-state index contributed by atoms with van der Waals surface area (Å²) in [7, 11) is 0. The predicted molar refractivity (Wildman–Crippen MR) is 168 cm³/mol. The van der Waals surface area contributed by atoms with Crippen LogP contribution in [0, 0.1) is 46.1 Å².